The van der Waals surface area contributed by atoms with Crippen LogP contribution in [0.15, 0.2) is 41.2 Å². The number of aromatic amines is 1. The number of nitrogens with zero attached hydrogens (tertiary/aromatic N) is 3. The number of nitro groups is 1. The van der Waals surface area contributed by atoms with Crippen molar-refractivity contribution in [3.8, 4) is 11.5 Å². The summed E-state index contributed by atoms with van der Waals surface area (Å²) in [5, 5.41) is 11.5. The van der Waals surface area contributed by atoms with Crippen molar-refractivity contribution in [2.45, 2.75) is 18.9 Å². The van der Waals surface area contributed by atoms with Crippen molar-refractivity contribution >= 4 is 22.6 Å². The van der Waals surface area contributed by atoms with E-state index < -0.39 is 10.8 Å². The maximum absolute atomic E-state index is 13.1. The summed E-state index contributed by atoms with van der Waals surface area (Å²) in [6, 6.07) is 9.95. The number of fused-ring (bicyclic) bond motifs is 1. The largest absolute Gasteiger partial charge is 0.493 e. The number of hydrogen-bond donors (Lipinski definition) is 1. The van der Waals surface area contributed by atoms with Gasteiger partial charge in [-0.05, 0) is 25.0 Å². The molecule has 31 heavy (non-hydrogen) atoms. The zero-order valence-corrected chi connectivity index (χ0v) is 17.2. The Balaban J connectivity index is 1.58. The van der Waals surface area contributed by atoms with Crippen molar-refractivity contribution in [1.29, 1.82) is 0 Å². The van der Waals surface area contributed by atoms with Crippen LogP contribution < -0.4 is 15.2 Å². The van der Waals surface area contributed by atoms with E-state index in [-0.39, 0.29) is 34.5 Å². The lowest BCUT2D eigenvalue weighted by molar-refractivity contribution is -0.385. The Labute approximate surface area is 177 Å². The fourth-order valence-corrected chi connectivity index (χ4v) is 4.12. The van der Waals surface area contributed by atoms with Crippen LogP contribution in [0.3, 0.4) is 0 Å². The molecule has 0 unspecified atom stereocenters. The number of aromatic nitrogens is 2. The SMILES string of the molecule is COc1cc(C(=O)N2CCC(n3c(=O)[nH]c4ccccc43)CC2)c([N+](=O)[O-])cc1OC. The first-order valence-electron chi connectivity index (χ1n) is 9.83. The number of nitrogens with one attached hydrogen (secondary N) is 1. The van der Waals surface area contributed by atoms with Crippen molar-refractivity contribution in [3.63, 3.8) is 0 Å². The summed E-state index contributed by atoms with van der Waals surface area (Å²) >= 11 is 0. The van der Waals surface area contributed by atoms with E-state index in [2.05, 4.69) is 4.98 Å². The predicted octanol–water partition coefficient (Wildman–Crippen LogP) is 2.73. The van der Waals surface area contributed by atoms with E-state index in [1.54, 1.807) is 9.47 Å². The van der Waals surface area contributed by atoms with Crippen LogP contribution in [0.25, 0.3) is 11.0 Å². The van der Waals surface area contributed by atoms with Gasteiger partial charge in [-0.25, -0.2) is 4.79 Å². The Bertz CT molecular complexity index is 1210. The Kier molecular flexibility index (Phi) is 5.37. The molecule has 1 saturated heterocycles. The maximum atomic E-state index is 13.1. The quantitative estimate of drug-likeness (QED) is 0.495. The van der Waals surface area contributed by atoms with Gasteiger partial charge in [0.2, 0.25) is 0 Å². The average Bonchev–Trinajstić information content (AvgIpc) is 3.13. The molecule has 10 heteroatoms. The number of nitro benzene ring substituents is 1. The van der Waals surface area contributed by atoms with Crippen LogP contribution in [0.4, 0.5) is 5.69 Å². The van der Waals surface area contributed by atoms with Gasteiger partial charge < -0.3 is 19.4 Å². The molecule has 0 spiro atoms. The van der Waals surface area contributed by atoms with Gasteiger partial charge in [-0.2, -0.15) is 0 Å². The van der Waals surface area contributed by atoms with Gasteiger partial charge in [-0.15, -0.1) is 0 Å². The van der Waals surface area contributed by atoms with Crippen LogP contribution in [-0.2, 0) is 0 Å². The van der Waals surface area contributed by atoms with Gasteiger partial charge in [0, 0.05) is 25.2 Å². The molecule has 1 aliphatic rings. The molecule has 0 aliphatic carbocycles. The van der Waals surface area contributed by atoms with Crippen LogP contribution >= 0.6 is 0 Å². The molecule has 2 heterocycles. The molecule has 1 N–H and O–H groups in total. The predicted molar refractivity (Wildman–Crippen MR) is 113 cm³/mol. The minimum atomic E-state index is -0.604. The van der Waals surface area contributed by atoms with Gasteiger partial charge in [0.05, 0.1) is 36.2 Å². The lowest BCUT2D eigenvalue weighted by Crippen LogP contribution is -2.40. The van der Waals surface area contributed by atoms with Gasteiger partial charge in [0.1, 0.15) is 5.56 Å². The molecule has 4 rings (SSSR count). The molecular weight excluding hydrogens is 404 g/mol. The number of rotatable bonds is 5. The Morgan fingerprint density at radius 3 is 2.42 bits per heavy atom. The van der Waals surface area contributed by atoms with Crippen LogP contribution in [0.1, 0.15) is 29.2 Å². The third-order valence-corrected chi connectivity index (χ3v) is 5.67. The molecule has 1 amide bonds. The van der Waals surface area contributed by atoms with Crippen LogP contribution in [0.2, 0.25) is 0 Å². The number of hydrogen-bond acceptors (Lipinski definition) is 6. The second kappa shape index (κ2) is 8.13. The molecule has 162 valence electrons. The molecule has 0 atom stereocenters. The fourth-order valence-electron chi connectivity index (χ4n) is 4.12. The number of piperidine rings is 1. The number of ether oxygens (including phenoxy) is 2. The molecule has 0 saturated carbocycles. The van der Waals surface area contributed by atoms with E-state index >= 15 is 0 Å². The summed E-state index contributed by atoms with van der Waals surface area (Å²) in [6.07, 6.45) is 1.13. The number of para-hydroxylation sites is 2. The molecule has 10 nitrogen and oxygen atoms in total. The van der Waals surface area contributed by atoms with E-state index in [1.807, 2.05) is 24.3 Å². The van der Waals surface area contributed by atoms with E-state index in [0.717, 1.165) is 11.0 Å². The minimum absolute atomic E-state index is 0.0506. The van der Waals surface area contributed by atoms with Crippen molar-refractivity contribution in [2.24, 2.45) is 0 Å². The molecule has 1 fully saturated rings. The summed E-state index contributed by atoms with van der Waals surface area (Å²) in [5.74, 6) is -0.0165. The second-order valence-electron chi connectivity index (χ2n) is 7.32. The van der Waals surface area contributed by atoms with Crippen LogP contribution in [0, 0.1) is 10.1 Å². The minimum Gasteiger partial charge on any atom is -0.493 e. The maximum Gasteiger partial charge on any atom is 0.326 e. The lowest BCUT2D eigenvalue weighted by Gasteiger charge is -2.32. The first kappa shape index (κ1) is 20.5. The Morgan fingerprint density at radius 1 is 1.13 bits per heavy atom. The average molecular weight is 426 g/mol. The molecule has 0 bridgehead atoms. The smallest absolute Gasteiger partial charge is 0.326 e. The fraction of sp³-hybridized carbons (Fsp3) is 0.333. The molecule has 1 aromatic heterocycles. The summed E-state index contributed by atoms with van der Waals surface area (Å²) < 4.78 is 12.1. The van der Waals surface area contributed by atoms with Gasteiger partial charge in [0.15, 0.2) is 11.5 Å². The highest BCUT2D eigenvalue weighted by Gasteiger charge is 2.31. The Morgan fingerprint density at radius 2 is 1.77 bits per heavy atom. The highest BCUT2D eigenvalue weighted by atomic mass is 16.6. The number of amides is 1. The third kappa shape index (κ3) is 3.60. The topological polar surface area (TPSA) is 120 Å². The van der Waals surface area contributed by atoms with Gasteiger partial charge in [-0.1, -0.05) is 12.1 Å². The first-order valence-corrected chi connectivity index (χ1v) is 9.83. The van der Waals surface area contributed by atoms with Gasteiger partial charge >= 0.3 is 5.69 Å². The van der Waals surface area contributed by atoms with Gasteiger partial charge in [0.25, 0.3) is 11.6 Å². The first-order chi connectivity index (χ1) is 14.9. The second-order valence-corrected chi connectivity index (χ2v) is 7.32. The number of likely N-dealkylation sites (tertiary alicyclic amines) is 1. The van der Waals surface area contributed by atoms with E-state index in [0.29, 0.717) is 25.9 Å². The standard InChI is InChI=1S/C21H22N4O6/c1-30-18-11-14(17(25(28)29)12-19(18)31-2)20(26)23-9-7-13(8-10-23)24-16-6-4-3-5-15(16)22-21(24)27/h3-6,11-13H,7-10H2,1-2H3,(H,22,27). The van der Waals surface area contributed by atoms with Crippen molar-refractivity contribution in [3.05, 3.63) is 62.6 Å². The summed E-state index contributed by atoms with van der Waals surface area (Å²) in [6.45, 7) is 0.752. The number of carbonyl (C=O) groups excluding carboxylic acids is 1. The van der Waals surface area contributed by atoms with Crippen LogP contribution in [-0.4, -0.2) is 52.6 Å². The Hall–Kier alpha value is -3.82. The lowest BCUT2D eigenvalue weighted by atomic mass is 10.0. The molecular formula is C21H22N4O6. The number of methoxy groups -OCH3 is 2. The monoisotopic (exact) mass is 426 g/mol. The molecule has 3 aromatic rings. The highest BCUT2D eigenvalue weighted by Crippen LogP contribution is 2.36. The highest BCUT2D eigenvalue weighted by molar-refractivity contribution is 5.99. The molecule has 0 radical (unpaired) electrons. The summed E-state index contributed by atoms with van der Waals surface area (Å²) in [5.41, 5.74) is 1.03. The van der Waals surface area contributed by atoms with E-state index in [4.69, 9.17) is 9.47 Å². The number of H-pyrrole nitrogens is 1. The summed E-state index contributed by atoms with van der Waals surface area (Å²) in [7, 11) is 2.78. The zero-order chi connectivity index (χ0) is 22.1. The van der Waals surface area contributed by atoms with E-state index in [9.17, 15) is 19.7 Å². The van der Waals surface area contributed by atoms with Crippen molar-refractivity contribution in [1.82, 2.24) is 14.5 Å². The number of benzene rings is 2. The summed E-state index contributed by atoms with van der Waals surface area (Å²) in [4.78, 5) is 40.9. The normalized spacial score (nSPS) is 14.6. The van der Waals surface area contributed by atoms with Crippen LogP contribution in [0.5, 0.6) is 11.5 Å². The third-order valence-electron chi connectivity index (χ3n) is 5.67. The molecule has 2 aromatic carbocycles. The van der Waals surface area contributed by atoms with Crippen molar-refractivity contribution < 1.29 is 19.2 Å². The number of carbonyl (C=O) groups is 1. The van der Waals surface area contributed by atoms with E-state index in [1.165, 1.54) is 26.4 Å². The number of imidazole rings is 1. The molecule has 1 aliphatic heterocycles. The zero-order valence-electron chi connectivity index (χ0n) is 17.2. The van der Waals surface area contributed by atoms with Gasteiger partial charge in [-0.3, -0.25) is 19.5 Å². The van der Waals surface area contributed by atoms with Crippen molar-refractivity contribution in [2.75, 3.05) is 27.3 Å².